The Balaban J connectivity index is 1.88. The van der Waals surface area contributed by atoms with E-state index in [9.17, 15) is 0 Å². The Labute approximate surface area is 101 Å². The second-order valence-electron chi connectivity index (χ2n) is 4.56. The van der Waals surface area contributed by atoms with E-state index < -0.39 is 0 Å². The zero-order valence-corrected chi connectivity index (χ0v) is 10.0. The van der Waals surface area contributed by atoms with E-state index in [1.54, 1.807) is 0 Å². The number of hydrogen-bond donors (Lipinski definition) is 0. The van der Waals surface area contributed by atoms with Crippen LogP contribution in [0, 0.1) is 6.92 Å². The van der Waals surface area contributed by atoms with Gasteiger partial charge < -0.3 is 9.42 Å². The lowest BCUT2D eigenvalue weighted by Gasteiger charge is -2.30. The normalized spacial score (nSPS) is 14.8. The maximum Gasteiger partial charge on any atom is 0.138 e. The zero-order valence-electron chi connectivity index (χ0n) is 10.0. The molecule has 0 amide bonds. The van der Waals surface area contributed by atoms with Crippen molar-refractivity contribution in [2.45, 2.75) is 26.3 Å². The highest BCUT2D eigenvalue weighted by atomic mass is 16.5. The van der Waals surface area contributed by atoms with Crippen LogP contribution in [0.4, 0.5) is 5.69 Å². The molecule has 0 atom stereocenters. The number of nitrogens with zero attached hydrogens (tertiary/aromatic N) is 2. The maximum atomic E-state index is 5.12. The van der Waals surface area contributed by atoms with Crippen LogP contribution in [-0.2, 0) is 13.0 Å². The molecule has 2 aromatic rings. The summed E-state index contributed by atoms with van der Waals surface area (Å²) in [5, 5.41) is 3.84. The van der Waals surface area contributed by atoms with Crippen molar-refractivity contribution in [1.82, 2.24) is 5.16 Å². The molecule has 88 valence electrons. The minimum atomic E-state index is 0.895. The molecule has 0 saturated heterocycles. The third-order valence-electron chi connectivity index (χ3n) is 3.42. The molecule has 0 unspecified atom stereocenters. The lowest BCUT2D eigenvalue weighted by Crippen LogP contribution is -2.28. The summed E-state index contributed by atoms with van der Waals surface area (Å²) >= 11 is 0. The summed E-state index contributed by atoms with van der Waals surface area (Å²) in [6.07, 6.45) is 4.24. The largest absolute Gasteiger partial charge is 0.367 e. The van der Waals surface area contributed by atoms with Gasteiger partial charge in [0.1, 0.15) is 5.76 Å². The van der Waals surface area contributed by atoms with E-state index in [-0.39, 0.29) is 0 Å². The second-order valence-corrected chi connectivity index (χ2v) is 4.56. The van der Waals surface area contributed by atoms with Crippen LogP contribution < -0.4 is 4.90 Å². The third kappa shape index (κ3) is 1.93. The fourth-order valence-corrected chi connectivity index (χ4v) is 2.45. The summed E-state index contributed by atoms with van der Waals surface area (Å²) in [5.41, 5.74) is 3.99. The van der Waals surface area contributed by atoms with Crippen LogP contribution in [0.5, 0.6) is 0 Å². The van der Waals surface area contributed by atoms with Gasteiger partial charge in [-0.05, 0) is 31.4 Å². The number of aromatic nitrogens is 1. The van der Waals surface area contributed by atoms with Crippen LogP contribution >= 0.6 is 0 Å². The van der Waals surface area contributed by atoms with E-state index in [0.717, 1.165) is 18.8 Å². The lowest BCUT2D eigenvalue weighted by molar-refractivity contribution is 0.396. The van der Waals surface area contributed by atoms with Crippen LogP contribution in [-0.4, -0.2) is 11.7 Å². The smallest absolute Gasteiger partial charge is 0.138 e. The Hall–Kier alpha value is -1.77. The number of benzene rings is 1. The van der Waals surface area contributed by atoms with Crippen molar-refractivity contribution in [3.63, 3.8) is 0 Å². The van der Waals surface area contributed by atoms with Gasteiger partial charge in [0.05, 0.1) is 6.20 Å². The first-order valence-electron chi connectivity index (χ1n) is 6.07. The van der Waals surface area contributed by atoms with E-state index >= 15 is 0 Å². The van der Waals surface area contributed by atoms with Crippen molar-refractivity contribution in [3.05, 3.63) is 47.3 Å². The van der Waals surface area contributed by atoms with Crippen molar-refractivity contribution < 1.29 is 4.52 Å². The molecular formula is C14H16N2O. The summed E-state index contributed by atoms with van der Waals surface area (Å²) in [4.78, 5) is 2.42. The van der Waals surface area contributed by atoms with Crippen LogP contribution in [0.2, 0.25) is 0 Å². The molecule has 3 nitrogen and oxygen atoms in total. The second kappa shape index (κ2) is 4.24. The molecule has 17 heavy (non-hydrogen) atoms. The van der Waals surface area contributed by atoms with Crippen LogP contribution in [0.3, 0.4) is 0 Å². The summed E-state index contributed by atoms with van der Waals surface area (Å²) in [6, 6.07) is 8.66. The van der Waals surface area contributed by atoms with Gasteiger partial charge in [-0.2, -0.15) is 0 Å². The number of hydrogen-bond acceptors (Lipinski definition) is 3. The van der Waals surface area contributed by atoms with Gasteiger partial charge in [-0.1, -0.05) is 23.4 Å². The molecule has 3 rings (SSSR count). The Bertz CT molecular complexity index is 518. The topological polar surface area (TPSA) is 29.3 Å². The standard InChI is InChI=1S/C14H16N2O/c1-11-13(9-15-17-11)10-16-8-4-6-12-5-2-3-7-14(12)16/h2-3,5,7,9H,4,6,8,10H2,1H3. The van der Waals surface area contributed by atoms with Gasteiger partial charge in [-0.25, -0.2) is 0 Å². The number of para-hydroxylation sites is 1. The molecule has 1 aliphatic rings. The van der Waals surface area contributed by atoms with Gasteiger partial charge in [-0.15, -0.1) is 0 Å². The SMILES string of the molecule is Cc1oncc1CN1CCCc2ccccc21. The molecule has 0 aliphatic carbocycles. The Morgan fingerprint density at radius 3 is 3.06 bits per heavy atom. The highest BCUT2D eigenvalue weighted by molar-refractivity contribution is 5.55. The number of anilines is 1. The van der Waals surface area contributed by atoms with Gasteiger partial charge in [0.15, 0.2) is 0 Å². The first kappa shape index (κ1) is 10.4. The molecule has 3 heteroatoms. The Morgan fingerprint density at radius 1 is 1.35 bits per heavy atom. The van der Waals surface area contributed by atoms with Crippen LogP contribution in [0.15, 0.2) is 35.0 Å². The molecule has 0 bridgehead atoms. The molecule has 1 aromatic heterocycles. The zero-order chi connectivity index (χ0) is 11.7. The molecule has 0 spiro atoms. The van der Waals surface area contributed by atoms with Gasteiger partial charge in [0.25, 0.3) is 0 Å². The molecule has 0 fully saturated rings. The van der Waals surface area contributed by atoms with Crippen LogP contribution in [0.25, 0.3) is 0 Å². The quantitative estimate of drug-likeness (QED) is 0.791. The highest BCUT2D eigenvalue weighted by Gasteiger charge is 2.17. The molecule has 1 aliphatic heterocycles. The van der Waals surface area contributed by atoms with Crippen molar-refractivity contribution in [2.24, 2.45) is 0 Å². The van der Waals surface area contributed by atoms with E-state index in [1.807, 2.05) is 13.1 Å². The first-order chi connectivity index (χ1) is 8.34. The van der Waals surface area contributed by atoms with Crippen molar-refractivity contribution in [2.75, 3.05) is 11.4 Å². The average Bonchev–Trinajstić information content (AvgIpc) is 2.76. The van der Waals surface area contributed by atoms with Crippen molar-refractivity contribution in [1.29, 1.82) is 0 Å². The van der Waals surface area contributed by atoms with E-state index in [0.29, 0.717) is 0 Å². The van der Waals surface area contributed by atoms with Gasteiger partial charge >= 0.3 is 0 Å². The number of aryl methyl sites for hydroxylation is 2. The van der Waals surface area contributed by atoms with E-state index in [4.69, 9.17) is 4.52 Å². The summed E-state index contributed by atoms with van der Waals surface area (Å²) in [5.74, 6) is 0.924. The lowest BCUT2D eigenvalue weighted by atomic mass is 10.0. The molecule has 1 aromatic carbocycles. The van der Waals surface area contributed by atoms with Gasteiger partial charge in [0.2, 0.25) is 0 Å². The highest BCUT2D eigenvalue weighted by Crippen LogP contribution is 2.28. The predicted molar refractivity (Wildman–Crippen MR) is 67.1 cm³/mol. The fraction of sp³-hybridized carbons (Fsp3) is 0.357. The molecular weight excluding hydrogens is 212 g/mol. The van der Waals surface area contributed by atoms with E-state index in [1.165, 1.54) is 29.7 Å². The van der Waals surface area contributed by atoms with Gasteiger partial charge in [-0.3, -0.25) is 0 Å². The summed E-state index contributed by atoms with van der Waals surface area (Å²) < 4.78 is 5.12. The Kier molecular flexibility index (Phi) is 2.59. The molecule has 0 saturated carbocycles. The Morgan fingerprint density at radius 2 is 2.24 bits per heavy atom. The number of rotatable bonds is 2. The monoisotopic (exact) mass is 228 g/mol. The minimum absolute atomic E-state index is 0.895. The predicted octanol–water partition coefficient (Wildman–Crippen LogP) is 2.94. The fourth-order valence-electron chi connectivity index (χ4n) is 2.45. The van der Waals surface area contributed by atoms with Crippen molar-refractivity contribution >= 4 is 5.69 Å². The average molecular weight is 228 g/mol. The van der Waals surface area contributed by atoms with Crippen LogP contribution in [0.1, 0.15) is 23.3 Å². The van der Waals surface area contributed by atoms with Crippen molar-refractivity contribution in [3.8, 4) is 0 Å². The van der Waals surface area contributed by atoms with E-state index in [2.05, 4.69) is 34.3 Å². The first-order valence-corrected chi connectivity index (χ1v) is 6.07. The maximum absolute atomic E-state index is 5.12. The summed E-state index contributed by atoms with van der Waals surface area (Å²) in [7, 11) is 0. The summed E-state index contributed by atoms with van der Waals surface area (Å²) in [6.45, 7) is 3.98. The number of fused-ring (bicyclic) bond motifs is 1. The van der Waals surface area contributed by atoms with Gasteiger partial charge in [0, 0.05) is 24.3 Å². The molecule has 2 heterocycles. The minimum Gasteiger partial charge on any atom is -0.367 e. The molecule has 0 N–H and O–H groups in total. The third-order valence-corrected chi connectivity index (χ3v) is 3.42. The molecule has 0 radical (unpaired) electrons.